The third-order valence-electron chi connectivity index (χ3n) is 3.50. The Labute approximate surface area is 167 Å². The van der Waals surface area contributed by atoms with Crippen LogP contribution in [0.25, 0.3) is 10.4 Å². The van der Waals surface area contributed by atoms with Crippen molar-refractivity contribution in [2.24, 2.45) is 0 Å². The molecule has 0 saturated heterocycles. The lowest BCUT2D eigenvalue weighted by atomic mass is 10.2. The predicted octanol–water partition coefficient (Wildman–Crippen LogP) is 6.20. The monoisotopic (exact) mass is 424 g/mol. The van der Waals surface area contributed by atoms with Crippen LogP contribution in [0.3, 0.4) is 0 Å². The summed E-state index contributed by atoms with van der Waals surface area (Å²) in [5, 5.41) is 14.9. The molecule has 2 amide bonds. The molecule has 0 radical (unpaired) electrons. The molecular weight excluding hydrogens is 414 g/mol. The summed E-state index contributed by atoms with van der Waals surface area (Å²) in [7, 11) is 0. The van der Waals surface area contributed by atoms with E-state index in [9.17, 15) is 19.1 Å². The Hall–Kier alpha value is -2.61. The number of carbonyl (C=O) groups is 2. The van der Waals surface area contributed by atoms with Crippen LogP contribution in [0.1, 0.15) is 9.67 Å². The molecule has 138 valence electrons. The molecule has 2 aromatic carbocycles. The Kier molecular flexibility index (Phi) is 5.65. The molecule has 3 aromatic rings. The molecule has 0 aliphatic rings. The molecule has 0 aliphatic heterocycles. The Balaban J connectivity index is 1.86. The van der Waals surface area contributed by atoms with Crippen LogP contribution in [-0.2, 0) is 0 Å². The number of carboxylic acids is 1. The van der Waals surface area contributed by atoms with Gasteiger partial charge >= 0.3 is 12.0 Å². The first-order valence-electron chi connectivity index (χ1n) is 7.50. The fourth-order valence-electron chi connectivity index (χ4n) is 2.28. The summed E-state index contributed by atoms with van der Waals surface area (Å²) >= 11 is 13.0. The van der Waals surface area contributed by atoms with Gasteiger partial charge in [0.1, 0.15) is 10.7 Å². The maximum absolute atomic E-state index is 13.1. The van der Waals surface area contributed by atoms with Crippen LogP contribution in [0.2, 0.25) is 10.0 Å². The minimum Gasteiger partial charge on any atom is -0.477 e. The summed E-state index contributed by atoms with van der Waals surface area (Å²) in [6.07, 6.45) is 0. The van der Waals surface area contributed by atoms with Gasteiger partial charge in [-0.25, -0.2) is 14.0 Å². The highest BCUT2D eigenvalue weighted by atomic mass is 35.5. The lowest BCUT2D eigenvalue weighted by Gasteiger charge is -2.10. The van der Waals surface area contributed by atoms with Gasteiger partial charge in [-0.2, -0.15) is 0 Å². The van der Waals surface area contributed by atoms with E-state index in [1.807, 2.05) is 0 Å². The van der Waals surface area contributed by atoms with Gasteiger partial charge in [0, 0.05) is 4.88 Å². The van der Waals surface area contributed by atoms with Crippen molar-refractivity contribution in [1.82, 2.24) is 0 Å². The van der Waals surface area contributed by atoms with Crippen molar-refractivity contribution < 1.29 is 19.1 Å². The van der Waals surface area contributed by atoms with Crippen LogP contribution < -0.4 is 10.6 Å². The minimum absolute atomic E-state index is 0.0604. The Morgan fingerprint density at radius 1 is 1.00 bits per heavy atom. The number of hydrogen-bond donors (Lipinski definition) is 3. The van der Waals surface area contributed by atoms with Gasteiger partial charge in [-0.1, -0.05) is 41.4 Å². The molecule has 0 spiro atoms. The average molecular weight is 425 g/mol. The Morgan fingerprint density at radius 3 is 2.22 bits per heavy atom. The Bertz CT molecular complexity index is 1000. The number of carbonyl (C=O) groups excluding carboxylic acids is 1. The van der Waals surface area contributed by atoms with E-state index in [-0.39, 0.29) is 26.3 Å². The van der Waals surface area contributed by atoms with Crippen molar-refractivity contribution in [2.45, 2.75) is 0 Å². The number of carboxylic acid groups (broad SMARTS) is 1. The van der Waals surface area contributed by atoms with E-state index >= 15 is 0 Å². The van der Waals surface area contributed by atoms with E-state index in [0.717, 1.165) is 11.3 Å². The molecular formula is C18H11Cl2FN2O3S. The molecule has 3 rings (SSSR count). The fourth-order valence-corrected chi connectivity index (χ4v) is 3.73. The minimum atomic E-state index is -1.19. The van der Waals surface area contributed by atoms with Gasteiger partial charge in [0.2, 0.25) is 0 Å². The first-order valence-corrected chi connectivity index (χ1v) is 9.07. The number of aromatic carboxylic acids is 1. The van der Waals surface area contributed by atoms with Gasteiger partial charge in [0.05, 0.1) is 21.4 Å². The SMILES string of the molecule is O=C(Nc1cc(-c2ccc(F)cc2)sc1C(=O)O)Nc1c(Cl)cccc1Cl. The third-order valence-corrected chi connectivity index (χ3v) is 5.31. The molecule has 0 aliphatic carbocycles. The second-order valence-corrected chi connectivity index (χ2v) is 7.21. The number of nitrogens with one attached hydrogen (secondary N) is 2. The normalized spacial score (nSPS) is 10.5. The smallest absolute Gasteiger partial charge is 0.348 e. The molecule has 9 heteroatoms. The molecule has 1 heterocycles. The largest absolute Gasteiger partial charge is 0.477 e. The summed E-state index contributed by atoms with van der Waals surface area (Å²) in [5.41, 5.74) is 0.947. The van der Waals surface area contributed by atoms with Crippen LogP contribution >= 0.6 is 34.5 Å². The van der Waals surface area contributed by atoms with E-state index in [0.29, 0.717) is 10.4 Å². The van der Waals surface area contributed by atoms with Crippen LogP contribution in [0.4, 0.5) is 20.6 Å². The van der Waals surface area contributed by atoms with Gasteiger partial charge in [-0.05, 0) is 35.9 Å². The van der Waals surface area contributed by atoms with Gasteiger partial charge in [-0.3, -0.25) is 0 Å². The Morgan fingerprint density at radius 2 is 1.63 bits per heavy atom. The molecule has 0 saturated carbocycles. The van der Waals surface area contributed by atoms with E-state index < -0.39 is 17.8 Å². The fraction of sp³-hybridized carbons (Fsp3) is 0. The molecule has 3 N–H and O–H groups in total. The third kappa shape index (κ3) is 4.39. The molecule has 0 fully saturated rings. The van der Waals surface area contributed by atoms with E-state index in [4.69, 9.17) is 23.2 Å². The zero-order valence-corrected chi connectivity index (χ0v) is 15.8. The first-order chi connectivity index (χ1) is 12.8. The number of amides is 2. The highest BCUT2D eigenvalue weighted by Crippen LogP contribution is 2.35. The van der Waals surface area contributed by atoms with Gasteiger partial charge in [0.15, 0.2) is 0 Å². The number of urea groups is 1. The lowest BCUT2D eigenvalue weighted by molar-refractivity contribution is 0.0703. The van der Waals surface area contributed by atoms with E-state index in [2.05, 4.69) is 10.6 Å². The summed E-state index contributed by atoms with van der Waals surface area (Å²) in [4.78, 5) is 24.3. The number of rotatable bonds is 4. The quantitative estimate of drug-likeness (QED) is 0.466. The summed E-state index contributed by atoms with van der Waals surface area (Å²) in [6.45, 7) is 0. The number of anilines is 2. The number of para-hydroxylation sites is 1. The van der Waals surface area contributed by atoms with E-state index in [1.165, 1.54) is 30.3 Å². The predicted molar refractivity (Wildman–Crippen MR) is 106 cm³/mol. The van der Waals surface area contributed by atoms with Crippen molar-refractivity contribution in [3.05, 3.63) is 69.3 Å². The second-order valence-electron chi connectivity index (χ2n) is 5.34. The lowest BCUT2D eigenvalue weighted by Crippen LogP contribution is -2.20. The number of halogens is 3. The highest BCUT2D eigenvalue weighted by molar-refractivity contribution is 7.18. The molecule has 0 bridgehead atoms. The van der Waals surface area contributed by atoms with Crippen molar-refractivity contribution in [1.29, 1.82) is 0 Å². The number of hydrogen-bond acceptors (Lipinski definition) is 3. The van der Waals surface area contributed by atoms with Crippen molar-refractivity contribution in [3.8, 4) is 10.4 Å². The maximum atomic E-state index is 13.1. The summed E-state index contributed by atoms with van der Waals surface area (Å²) in [5.74, 6) is -1.59. The van der Waals surface area contributed by atoms with E-state index in [1.54, 1.807) is 18.2 Å². The average Bonchev–Trinajstić information content (AvgIpc) is 3.03. The van der Waals surface area contributed by atoms with Crippen molar-refractivity contribution in [3.63, 3.8) is 0 Å². The molecule has 27 heavy (non-hydrogen) atoms. The first kappa shape index (κ1) is 19.2. The van der Waals surface area contributed by atoms with Crippen LogP contribution in [0, 0.1) is 5.82 Å². The summed E-state index contributed by atoms with van der Waals surface area (Å²) < 4.78 is 13.1. The standard InChI is InChI=1S/C18H11Cl2FN2O3S/c19-11-2-1-3-12(20)15(11)23-18(26)22-13-8-14(27-16(13)17(24)25)9-4-6-10(21)7-5-9/h1-8H,(H,24,25)(H2,22,23,26). The van der Waals surface area contributed by atoms with Crippen molar-refractivity contribution >= 4 is 57.9 Å². The zero-order valence-electron chi connectivity index (χ0n) is 13.4. The zero-order chi connectivity index (χ0) is 19.6. The second kappa shape index (κ2) is 7.96. The summed E-state index contributed by atoms with van der Waals surface area (Å²) in [6, 6.07) is 11.2. The topological polar surface area (TPSA) is 78.4 Å². The van der Waals surface area contributed by atoms with Crippen LogP contribution in [0.15, 0.2) is 48.5 Å². The van der Waals surface area contributed by atoms with Gasteiger partial charge in [-0.15, -0.1) is 11.3 Å². The van der Waals surface area contributed by atoms with Crippen LogP contribution in [0.5, 0.6) is 0 Å². The maximum Gasteiger partial charge on any atom is 0.348 e. The van der Waals surface area contributed by atoms with Crippen molar-refractivity contribution in [2.75, 3.05) is 10.6 Å². The number of thiophene rings is 1. The molecule has 5 nitrogen and oxygen atoms in total. The molecule has 1 aromatic heterocycles. The van der Waals surface area contributed by atoms with Gasteiger partial charge in [0.25, 0.3) is 0 Å². The van der Waals surface area contributed by atoms with Crippen LogP contribution in [-0.4, -0.2) is 17.1 Å². The number of benzene rings is 2. The highest BCUT2D eigenvalue weighted by Gasteiger charge is 2.19. The molecule has 0 atom stereocenters. The molecule has 0 unspecified atom stereocenters. The van der Waals surface area contributed by atoms with Gasteiger partial charge < -0.3 is 15.7 Å².